The van der Waals surface area contributed by atoms with E-state index in [0.29, 0.717) is 6.04 Å². The number of rotatable bonds is 2. The van der Waals surface area contributed by atoms with Crippen LogP contribution in [-0.4, -0.2) is 42.5 Å². The monoisotopic (exact) mass is 245 g/mol. The Bertz CT molecular complexity index is 430. The van der Waals surface area contributed by atoms with Crippen molar-refractivity contribution in [3.05, 3.63) is 34.9 Å². The van der Waals surface area contributed by atoms with Gasteiger partial charge in [0.25, 0.3) is 0 Å². The summed E-state index contributed by atoms with van der Waals surface area (Å²) < 4.78 is 0. The van der Waals surface area contributed by atoms with Crippen molar-refractivity contribution in [2.24, 2.45) is 0 Å². The molecule has 2 aliphatic heterocycles. The zero-order valence-corrected chi connectivity index (χ0v) is 11.4. The first-order valence-corrected chi connectivity index (χ1v) is 6.96. The highest BCUT2D eigenvalue weighted by molar-refractivity contribution is 5.34. The number of benzene rings is 1. The van der Waals surface area contributed by atoms with Crippen LogP contribution in [0.15, 0.2) is 18.2 Å². The molecule has 2 heterocycles. The van der Waals surface area contributed by atoms with E-state index in [-0.39, 0.29) is 0 Å². The van der Waals surface area contributed by atoms with Gasteiger partial charge in [-0.25, -0.2) is 0 Å². The van der Waals surface area contributed by atoms with E-state index in [1.807, 2.05) is 0 Å². The standard InChI is InChI=1S/C15H23N3/c1-12-10-18(6-5-17(12)2)11-13-3-4-14-8-16-9-15(14)7-13/h3-4,7,12,16H,5-6,8-11H2,1-2H3. The van der Waals surface area contributed by atoms with Crippen molar-refractivity contribution >= 4 is 0 Å². The van der Waals surface area contributed by atoms with Gasteiger partial charge in [-0.05, 0) is 30.7 Å². The van der Waals surface area contributed by atoms with Gasteiger partial charge >= 0.3 is 0 Å². The van der Waals surface area contributed by atoms with Crippen molar-refractivity contribution in [1.82, 2.24) is 15.1 Å². The fourth-order valence-corrected chi connectivity index (χ4v) is 2.97. The van der Waals surface area contributed by atoms with Gasteiger partial charge in [-0.1, -0.05) is 18.2 Å². The topological polar surface area (TPSA) is 18.5 Å². The molecule has 0 saturated carbocycles. The van der Waals surface area contributed by atoms with Gasteiger partial charge in [-0.3, -0.25) is 4.90 Å². The maximum absolute atomic E-state index is 3.41. The van der Waals surface area contributed by atoms with E-state index >= 15 is 0 Å². The van der Waals surface area contributed by atoms with Crippen LogP contribution in [0.4, 0.5) is 0 Å². The van der Waals surface area contributed by atoms with E-state index in [1.54, 1.807) is 0 Å². The average molecular weight is 245 g/mol. The van der Waals surface area contributed by atoms with Gasteiger partial charge in [0.15, 0.2) is 0 Å². The third kappa shape index (κ3) is 2.44. The molecule has 1 aromatic carbocycles. The lowest BCUT2D eigenvalue weighted by Gasteiger charge is -2.37. The molecule has 0 bridgehead atoms. The number of piperazine rings is 1. The smallest absolute Gasteiger partial charge is 0.0235 e. The van der Waals surface area contributed by atoms with Crippen molar-refractivity contribution < 1.29 is 0 Å². The van der Waals surface area contributed by atoms with Crippen molar-refractivity contribution in [2.45, 2.75) is 32.6 Å². The van der Waals surface area contributed by atoms with E-state index in [1.165, 1.54) is 36.3 Å². The van der Waals surface area contributed by atoms with E-state index in [2.05, 4.69) is 47.3 Å². The van der Waals surface area contributed by atoms with Crippen molar-refractivity contribution in [2.75, 3.05) is 26.7 Å². The minimum Gasteiger partial charge on any atom is -0.309 e. The molecule has 1 unspecified atom stereocenters. The molecular weight excluding hydrogens is 222 g/mol. The summed E-state index contributed by atoms with van der Waals surface area (Å²) in [5.41, 5.74) is 4.44. The van der Waals surface area contributed by atoms with Crippen LogP contribution in [0, 0.1) is 0 Å². The Morgan fingerprint density at radius 1 is 1.22 bits per heavy atom. The zero-order valence-electron chi connectivity index (χ0n) is 11.4. The average Bonchev–Trinajstić information content (AvgIpc) is 2.81. The van der Waals surface area contributed by atoms with Crippen LogP contribution in [0.25, 0.3) is 0 Å². The molecule has 0 aliphatic carbocycles. The summed E-state index contributed by atoms with van der Waals surface area (Å²) >= 11 is 0. The van der Waals surface area contributed by atoms with E-state index in [4.69, 9.17) is 0 Å². The molecule has 0 radical (unpaired) electrons. The molecule has 3 nitrogen and oxygen atoms in total. The number of likely N-dealkylation sites (N-methyl/N-ethyl adjacent to an activating group) is 1. The number of nitrogens with one attached hydrogen (secondary N) is 1. The maximum Gasteiger partial charge on any atom is 0.0235 e. The quantitative estimate of drug-likeness (QED) is 0.850. The normalized spacial score (nSPS) is 25.3. The largest absolute Gasteiger partial charge is 0.309 e. The van der Waals surface area contributed by atoms with Gasteiger partial charge < -0.3 is 10.2 Å². The third-order valence-electron chi connectivity index (χ3n) is 4.35. The molecule has 1 fully saturated rings. The van der Waals surface area contributed by atoms with Gasteiger partial charge in [0, 0.05) is 45.3 Å². The van der Waals surface area contributed by atoms with Crippen LogP contribution in [0.5, 0.6) is 0 Å². The highest BCUT2D eigenvalue weighted by Crippen LogP contribution is 2.19. The molecule has 1 saturated heterocycles. The van der Waals surface area contributed by atoms with Gasteiger partial charge in [0.05, 0.1) is 0 Å². The maximum atomic E-state index is 3.41. The van der Waals surface area contributed by atoms with E-state index in [0.717, 1.165) is 19.6 Å². The van der Waals surface area contributed by atoms with Crippen molar-refractivity contribution in [1.29, 1.82) is 0 Å². The Morgan fingerprint density at radius 2 is 2.06 bits per heavy atom. The second kappa shape index (κ2) is 5.00. The van der Waals surface area contributed by atoms with Crippen LogP contribution in [0.3, 0.4) is 0 Å². The molecule has 3 rings (SSSR count). The Kier molecular flexibility index (Phi) is 3.37. The molecule has 2 aliphatic rings. The highest BCUT2D eigenvalue weighted by atomic mass is 15.3. The molecule has 0 aromatic heterocycles. The Hall–Kier alpha value is -0.900. The second-order valence-corrected chi connectivity index (χ2v) is 5.77. The predicted molar refractivity (Wildman–Crippen MR) is 74.4 cm³/mol. The molecule has 1 atom stereocenters. The van der Waals surface area contributed by atoms with E-state index < -0.39 is 0 Å². The number of hydrogen-bond acceptors (Lipinski definition) is 3. The summed E-state index contributed by atoms with van der Waals surface area (Å²) in [6.07, 6.45) is 0. The molecular formula is C15H23N3. The molecule has 1 N–H and O–H groups in total. The van der Waals surface area contributed by atoms with Gasteiger partial charge in [-0.15, -0.1) is 0 Å². The van der Waals surface area contributed by atoms with Crippen LogP contribution >= 0.6 is 0 Å². The second-order valence-electron chi connectivity index (χ2n) is 5.77. The van der Waals surface area contributed by atoms with E-state index in [9.17, 15) is 0 Å². The summed E-state index contributed by atoms with van der Waals surface area (Å²) in [7, 11) is 2.23. The molecule has 0 amide bonds. The third-order valence-corrected chi connectivity index (χ3v) is 4.35. The Morgan fingerprint density at radius 3 is 2.89 bits per heavy atom. The predicted octanol–water partition coefficient (Wildman–Crippen LogP) is 1.43. The Labute approximate surface area is 110 Å². The molecule has 0 spiro atoms. The first kappa shape index (κ1) is 12.2. The summed E-state index contributed by atoms with van der Waals surface area (Å²) in [5, 5.41) is 3.41. The lowest BCUT2D eigenvalue weighted by Crippen LogP contribution is -2.49. The van der Waals surface area contributed by atoms with Gasteiger partial charge in [-0.2, -0.15) is 0 Å². The van der Waals surface area contributed by atoms with Crippen LogP contribution in [0.1, 0.15) is 23.6 Å². The lowest BCUT2D eigenvalue weighted by molar-refractivity contribution is 0.1000. The van der Waals surface area contributed by atoms with Crippen LogP contribution in [0.2, 0.25) is 0 Å². The fraction of sp³-hybridized carbons (Fsp3) is 0.600. The lowest BCUT2D eigenvalue weighted by atomic mass is 10.1. The minimum atomic E-state index is 0.676. The van der Waals surface area contributed by atoms with Crippen molar-refractivity contribution in [3.8, 4) is 0 Å². The molecule has 1 aromatic rings. The summed E-state index contributed by atoms with van der Waals surface area (Å²) in [4.78, 5) is 5.03. The number of hydrogen-bond donors (Lipinski definition) is 1. The van der Waals surface area contributed by atoms with Crippen molar-refractivity contribution in [3.63, 3.8) is 0 Å². The summed E-state index contributed by atoms with van der Waals surface area (Å²) in [6, 6.07) is 7.66. The number of nitrogens with zero attached hydrogens (tertiary/aromatic N) is 2. The Balaban J connectivity index is 1.66. The SMILES string of the molecule is CC1CN(Cc2ccc3c(c2)CNC3)CCN1C. The fourth-order valence-electron chi connectivity index (χ4n) is 2.97. The minimum absolute atomic E-state index is 0.676. The first-order valence-electron chi connectivity index (χ1n) is 6.96. The molecule has 98 valence electrons. The van der Waals surface area contributed by atoms with Crippen LogP contribution < -0.4 is 5.32 Å². The summed E-state index contributed by atoms with van der Waals surface area (Å²) in [6.45, 7) is 9.07. The highest BCUT2D eigenvalue weighted by Gasteiger charge is 2.20. The van der Waals surface area contributed by atoms with Gasteiger partial charge in [0.2, 0.25) is 0 Å². The zero-order chi connectivity index (χ0) is 12.5. The number of fused-ring (bicyclic) bond motifs is 1. The first-order chi connectivity index (χ1) is 8.72. The molecule has 3 heteroatoms. The summed E-state index contributed by atoms with van der Waals surface area (Å²) in [5.74, 6) is 0. The molecule has 18 heavy (non-hydrogen) atoms. The van der Waals surface area contributed by atoms with Crippen LogP contribution in [-0.2, 0) is 19.6 Å². The van der Waals surface area contributed by atoms with Gasteiger partial charge in [0.1, 0.15) is 0 Å².